The zero-order chi connectivity index (χ0) is 33.7. The maximum atomic E-state index is 8.05. The highest BCUT2D eigenvalue weighted by Gasteiger charge is 2.78. The molecule has 0 unspecified atom stereocenters. The van der Waals surface area contributed by atoms with Crippen molar-refractivity contribution in [2.75, 3.05) is 0 Å². The van der Waals surface area contributed by atoms with Crippen molar-refractivity contribution in [1.29, 1.82) is 0 Å². The molecule has 0 aromatic heterocycles. The van der Waals surface area contributed by atoms with Gasteiger partial charge in [-0.15, -0.1) is 0 Å². The topological polar surface area (TPSA) is 36.9 Å². The van der Waals surface area contributed by atoms with E-state index in [2.05, 4.69) is 145 Å². The number of rotatable bonds is 7. The van der Waals surface area contributed by atoms with Gasteiger partial charge in [0.2, 0.25) is 13.9 Å². The summed E-state index contributed by atoms with van der Waals surface area (Å²) in [7, 11) is -2.58. The lowest BCUT2D eigenvalue weighted by atomic mass is 9.61. The number of benzene rings is 3. The van der Waals surface area contributed by atoms with Crippen molar-refractivity contribution in [3.05, 3.63) is 98.6 Å². The third-order valence-electron chi connectivity index (χ3n) is 11.4. The average molecular weight is 639 g/mol. The van der Waals surface area contributed by atoms with Crippen LogP contribution < -0.4 is 14.2 Å². The summed E-state index contributed by atoms with van der Waals surface area (Å²) in [4.78, 5) is 0. The molecule has 46 heavy (non-hydrogen) atoms. The lowest BCUT2D eigenvalue weighted by Crippen LogP contribution is -2.73. The van der Waals surface area contributed by atoms with Gasteiger partial charge in [-0.2, -0.15) is 0 Å². The van der Waals surface area contributed by atoms with Crippen molar-refractivity contribution >= 4 is 8.32 Å². The van der Waals surface area contributed by atoms with Crippen LogP contribution in [0, 0.1) is 41.5 Å². The van der Waals surface area contributed by atoms with Gasteiger partial charge in [0, 0.05) is 11.1 Å². The molecule has 2 aliphatic heterocycles. The first-order valence-corrected chi connectivity index (χ1v) is 19.3. The molecular formula is C41H54O4Si. The maximum absolute atomic E-state index is 8.05. The third kappa shape index (κ3) is 4.26. The van der Waals surface area contributed by atoms with Crippen molar-refractivity contribution in [1.82, 2.24) is 0 Å². The van der Waals surface area contributed by atoms with Crippen LogP contribution in [-0.2, 0) is 15.4 Å². The van der Waals surface area contributed by atoms with Gasteiger partial charge >= 0.3 is 0 Å². The van der Waals surface area contributed by atoms with E-state index in [-0.39, 0.29) is 0 Å². The van der Waals surface area contributed by atoms with Gasteiger partial charge in [0.1, 0.15) is 17.2 Å². The highest BCUT2D eigenvalue weighted by molar-refractivity contribution is 6.77. The summed E-state index contributed by atoms with van der Waals surface area (Å²) in [5, 5.41) is 0. The minimum Gasteiger partial charge on any atom is -0.484 e. The van der Waals surface area contributed by atoms with Crippen LogP contribution in [0.25, 0.3) is 0 Å². The van der Waals surface area contributed by atoms with Gasteiger partial charge in [0.05, 0.1) is 5.41 Å². The molecule has 246 valence electrons. The summed E-state index contributed by atoms with van der Waals surface area (Å²) >= 11 is 0. The lowest BCUT2D eigenvalue weighted by Gasteiger charge is -2.57. The monoisotopic (exact) mass is 638 g/mol. The molecule has 3 aliphatic rings. The molecule has 0 spiro atoms. The highest BCUT2D eigenvalue weighted by Crippen LogP contribution is 2.67. The quantitative estimate of drug-likeness (QED) is 0.191. The average Bonchev–Trinajstić information content (AvgIpc) is 3.39. The molecule has 4 atom stereocenters. The van der Waals surface area contributed by atoms with E-state index in [1.165, 1.54) is 16.7 Å². The van der Waals surface area contributed by atoms with Crippen LogP contribution in [0.1, 0.15) is 99.9 Å². The summed E-state index contributed by atoms with van der Waals surface area (Å²) in [5.74, 6) is 1.37. The van der Waals surface area contributed by atoms with Crippen molar-refractivity contribution in [3.8, 4) is 17.2 Å². The van der Waals surface area contributed by atoms with Crippen LogP contribution in [0.4, 0.5) is 0 Å². The summed E-state index contributed by atoms with van der Waals surface area (Å²) < 4.78 is 30.6. The van der Waals surface area contributed by atoms with E-state index in [0.717, 1.165) is 50.6 Å². The van der Waals surface area contributed by atoms with E-state index in [4.69, 9.17) is 18.6 Å². The van der Waals surface area contributed by atoms with Gasteiger partial charge in [0.15, 0.2) is 6.10 Å². The Bertz CT molecular complexity index is 1730. The SMILES string of the molecule is CC1=C[C@@]2(C)c3cc(C)cc(C)c3O[C@H]2[C@]2(Oc3ccc(C)cc3C)c3cc(C)cc(C)c3O[C@]12O[Si](C(C)C)(C(C)C)C(C)C. The number of ether oxygens (including phenoxy) is 3. The van der Waals surface area contributed by atoms with E-state index < -0.39 is 31.2 Å². The Kier molecular flexibility index (Phi) is 7.69. The zero-order valence-corrected chi connectivity index (χ0v) is 31.6. The normalized spacial score (nSPS) is 26.4. The van der Waals surface area contributed by atoms with Gasteiger partial charge in [-0.1, -0.05) is 94.6 Å². The first-order valence-electron chi connectivity index (χ1n) is 17.2. The second-order valence-corrected chi connectivity index (χ2v) is 21.1. The van der Waals surface area contributed by atoms with E-state index in [1.807, 2.05) is 0 Å². The molecule has 0 amide bonds. The van der Waals surface area contributed by atoms with Crippen LogP contribution in [0.2, 0.25) is 16.6 Å². The van der Waals surface area contributed by atoms with Gasteiger partial charge in [-0.3, -0.25) is 0 Å². The molecule has 6 rings (SSSR count). The number of hydrogen-bond donors (Lipinski definition) is 0. The Labute approximate surface area is 278 Å². The molecule has 0 radical (unpaired) electrons. The molecule has 3 aromatic carbocycles. The fourth-order valence-corrected chi connectivity index (χ4v) is 15.1. The molecular weight excluding hydrogens is 585 g/mol. The van der Waals surface area contributed by atoms with Gasteiger partial charge in [-0.05, 0) is 106 Å². The van der Waals surface area contributed by atoms with E-state index in [9.17, 15) is 0 Å². The number of hydrogen-bond acceptors (Lipinski definition) is 4. The van der Waals surface area contributed by atoms with Gasteiger partial charge < -0.3 is 18.6 Å². The predicted molar refractivity (Wildman–Crippen MR) is 191 cm³/mol. The highest BCUT2D eigenvalue weighted by atomic mass is 28.4. The molecule has 2 heterocycles. The molecule has 0 fully saturated rings. The largest absolute Gasteiger partial charge is 0.484 e. The number of fused-ring (bicyclic) bond motifs is 7. The lowest BCUT2D eigenvalue weighted by molar-refractivity contribution is -0.240. The Balaban J connectivity index is 1.77. The van der Waals surface area contributed by atoms with Crippen LogP contribution in [0.5, 0.6) is 17.2 Å². The molecule has 1 aliphatic carbocycles. The van der Waals surface area contributed by atoms with Gasteiger partial charge in [-0.25, -0.2) is 0 Å². The smallest absolute Gasteiger partial charge is 0.272 e. The molecule has 0 saturated carbocycles. The predicted octanol–water partition coefficient (Wildman–Crippen LogP) is 10.8. The molecule has 0 bridgehead atoms. The van der Waals surface area contributed by atoms with Crippen LogP contribution in [0.15, 0.2) is 54.1 Å². The second-order valence-electron chi connectivity index (χ2n) is 15.8. The zero-order valence-electron chi connectivity index (χ0n) is 30.6. The fourth-order valence-electron chi connectivity index (χ4n) is 9.59. The summed E-state index contributed by atoms with van der Waals surface area (Å²) in [6.45, 7) is 31.5. The molecule has 4 nitrogen and oxygen atoms in total. The maximum Gasteiger partial charge on any atom is 0.272 e. The first kappa shape index (κ1) is 32.9. The fraction of sp³-hybridized carbons (Fsp3) is 0.512. The van der Waals surface area contributed by atoms with Crippen molar-refractivity contribution in [2.24, 2.45) is 0 Å². The standard InChI is InChI=1S/C41H54O4Si/c1-23(2)46(24(3)4,25(5)6)45-41-32(13)22-39(14)33-20-27(8)18-30(11)36(33)42-38(39)40(41,43-35-16-15-26(7)17-29(35)10)34-21-28(9)19-31(12)37(34)44-41/h15-25,38H,1-14H3/t38-,39+,40-,41+/m1/s1. The Morgan fingerprint density at radius 2 is 1.22 bits per heavy atom. The summed E-state index contributed by atoms with van der Waals surface area (Å²) in [5.41, 5.74) is 9.50. The molecule has 5 heteroatoms. The molecule has 0 N–H and O–H groups in total. The minimum absolute atomic E-state index is 0.337. The first-order chi connectivity index (χ1) is 21.4. The van der Waals surface area contributed by atoms with E-state index in [1.54, 1.807) is 0 Å². The van der Waals surface area contributed by atoms with Crippen molar-refractivity contribution < 1.29 is 18.6 Å². The van der Waals surface area contributed by atoms with Gasteiger partial charge in [0.25, 0.3) is 5.79 Å². The van der Waals surface area contributed by atoms with Crippen molar-refractivity contribution in [2.45, 2.75) is 136 Å². The third-order valence-corrected chi connectivity index (χ3v) is 17.4. The number of aryl methyl sites for hydroxylation is 6. The van der Waals surface area contributed by atoms with Crippen LogP contribution in [0.3, 0.4) is 0 Å². The molecule has 0 saturated heterocycles. The summed E-state index contributed by atoms with van der Waals surface area (Å²) in [6.07, 6.45) is 1.93. The Hall–Kier alpha value is -3.02. The van der Waals surface area contributed by atoms with E-state index in [0.29, 0.717) is 16.6 Å². The molecule has 3 aromatic rings. The van der Waals surface area contributed by atoms with E-state index >= 15 is 0 Å². The Morgan fingerprint density at radius 3 is 1.78 bits per heavy atom. The minimum atomic E-state index is -2.58. The van der Waals surface area contributed by atoms with Crippen LogP contribution in [-0.4, -0.2) is 20.2 Å². The van der Waals surface area contributed by atoms with Crippen molar-refractivity contribution in [3.63, 3.8) is 0 Å². The second kappa shape index (κ2) is 10.7. The Morgan fingerprint density at radius 1 is 0.674 bits per heavy atom. The van der Waals surface area contributed by atoms with Crippen LogP contribution >= 0.6 is 0 Å². The summed E-state index contributed by atoms with van der Waals surface area (Å²) in [6, 6.07) is 15.5.